The summed E-state index contributed by atoms with van der Waals surface area (Å²) in [7, 11) is 3.89. The second kappa shape index (κ2) is 6.89. The number of aromatic nitrogens is 2. The number of ether oxygens (including phenoxy) is 1. The summed E-state index contributed by atoms with van der Waals surface area (Å²) in [6, 6.07) is 13.3. The molecule has 0 radical (unpaired) electrons. The van der Waals surface area contributed by atoms with Gasteiger partial charge in [0.15, 0.2) is 10.9 Å². The maximum absolute atomic E-state index is 12.3. The van der Waals surface area contributed by atoms with Crippen molar-refractivity contribution in [1.82, 2.24) is 10.1 Å². The van der Waals surface area contributed by atoms with Crippen LogP contribution >= 0.6 is 22.7 Å². The molecule has 26 heavy (non-hydrogen) atoms. The first-order valence-corrected chi connectivity index (χ1v) is 9.49. The van der Waals surface area contributed by atoms with Crippen molar-refractivity contribution in [2.24, 2.45) is 0 Å². The number of rotatable bonds is 5. The van der Waals surface area contributed by atoms with Gasteiger partial charge in [-0.1, -0.05) is 46.8 Å². The highest BCUT2D eigenvalue weighted by molar-refractivity contribution is 7.29. The van der Waals surface area contributed by atoms with Gasteiger partial charge in [0.1, 0.15) is 22.0 Å². The zero-order chi connectivity index (χ0) is 18.1. The molecular weight excluding hydrogens is 370 g/mol. The maximum Gasteiger partial charge on any atom is 0.348 e. The normalized spacial score (nSPS) is 11.0. The highest BCUT2D eigenvalue weighted by atomic mass is 32.1. The van der Waals surface area contributed by atoms with E-state index in [1.807, 2.05) is 55.4 Å². The topological polar surface area (TPSA) is 68.5 Å². The molecule has 0 amide bonds. The van der Waals surface area contributed by atoms with Gasteiger partial charge in [0.05, 0.1) is 4.70 Å². The minimum absolute atomic E-state index is 0.0666. The molecule has 0 aliphatic rings. The van der Waals surface area contributed by atoms with Crippen LogP contribution in [-0.2, 0) is 11.3 Å². The molecule has 0 aliphatic carbocycles. The second-order valence-corrected chi connectivity index (χ2v) is 7.84. The first-order valence-electron chi connectivity index (χ1n) is 7.86. The number of hydrogen-bond donors (Lipinski definition) is 0. The SMILES string of the molecule is CN(C)c1nc2sc(C(=O)OCc3cc(-c4ccccc4)on3)cc2s1. The smallest absolute Gasteiger partial charge is 0.348 e. The number of carbonyl (C=O) groups is 1. The lowest BCUT2D eigenvalue weighted by Gasteiger charge is -2.05. The van der Waals surface area contributed by atoms with Crippen molar-refractivity contribution in [2.75, 3.05) is 19.0 Å². The van der Waals surface area contributed by atoms with Crippen LogP contribution in [0.4, 0.5) is 5.13 Å². The van der Waals surface area contributed by atoms with Crippen LogP contribution in [-0.4, -0.2) is 30.2 Å². The molecule has 4 aromatic rings. The van der Waals surface area contributed by atoms with Crippen LogP contribution in [0.1, 0.15) is 15.4 Å². The van der Waals surface area contributed by atoms with E-state index in [4.69, 9.17) is 9.26 Å². The average molecular weight is 385 g/mol. The zero-order valence-corrected chi connectivity index (χ0v) is 15.8. The van der Waals surface area contributed by atoms with Crippen molar-refractivity contribution in [2.45, 2.75) is 6.61 Å². The number of fused-ring (bicyclic) bond motifs is 1. The third-order valence-electron chi connectivity index (χ3n) is 3.63. The molecule has 1 aromatic carbocycles. The fourth-order valence-corrected chi connectivity index (χ4v) is 4.37. The lowest BCUT2D eigenvalue weighted by Crippen LogP contribution is -2.07. The lowest BCUT2D eigenvalue weighted by atomic mass is 10.2. The predicted octanol–water partition coefficient (Wildman–Crippen LogP) is 4.44. The van der Waals surface area contributed by atoms with E-state index in [1.165, 1.54) is 11.3 Å². The molecule has 3 aromatic heterocycles. The van der Waals surface area contributed by atoms with E-state index in [0.717, 1.165) is 20.2 Å². The molecule has 0 saturated heterocycles. The van der Waals surface area contributed by atoms with Gasteiger partial charge in [-0.3, -0.25) is 0 Å². The predicted molar refractivity (Wildman–Crippen MR) is 103 cm³/mol. The Kier molecular flexibility index (Phi) is 4.44. The Morgan fingerprint density at radius 1 is 1.19 bits per heavy atom. The zero-order valence-electron chi connectivity index (χ0n) is 14.1. The van der Waals surface area contributed by atoms with Crippen molar-refractivity contribution in [3.05, 3.63) is 53.0 Å². The molecule has 0 spiro atoms. The first-order chi connectivity index (χ1) is 12.6. The summed E-state index contributed by atoms with van der Waals surface area (Å²) in [5.41, 5.74) is 1.50. The Balaban J connectivity index is 1.42. The minimum Gasteiger partial charge on any atom is -0.455 e. The molecule has 0 unspecified atom stereocenters. The Bertz CT molecular complexity index is 1020. The summed E-state index contributed by atoms with van der Waals surface area (Å²) < 4.78 is 11.6. The molecule has 0 atom stereocenters. The number of thiophene rings is 1. The quantitative estimate of drug-likeness (QED) is 0.473. The monoisotopic (exact) mass is 385 g/mol. The third kappa shape index (κ3) is 3.33. The number of thiazole rings is 1. The Morgan fingerprint density at radius 3 is 2.73 bits per heavy atom. The average Bonchev–Trinajstić information content (AvgIpc) is 3.34. The molecule has 0 saturated carbocycles. The molecule has 0 N–H and O–H groups in total. The number of nitrogens with zero attached hydrogens (tertiary/aromatic N) is 3. The van der Waals surface area contributed by atoms with Gasteiger partial charge in [-0.15, -0.1) is 11.3 Å². The van der Waals surface area contributed by atoms with Crippen LogP contribution in [0.2, 0.25) is 0 Å². The van der Waals surface area contributed by atoms with E-state index in [2.05, 4.69) is 10.1 Å². The van der Waals surface area contributed by atoms with E-state index in [9.17, 15) is 4.79 Å². The summed E-state index contributed by atoms with van der Waals surface area (Å²) in [5, 5.41) is 4.88. The highest BCUT2D eigenvalue weighted by Gasteiger charge is 2.17. The summed E-state index contributed by atoms with van der Waals surface area (Å²) >= 11 is 2.88. The van der Waals surface area contributed by atoms with Crippen LogP contribution in [0.15, 0.2) is 47.0 Å². The minimum atomic E-state index is -0.379. The Labute approximate surface area is 157 Å². The summed E-state index contributed by atoms with van der Waals surface area (Å²) in [6.45, 7) is 0.0666. The van der Waals surface area contributed by atoms with Crippen LogP contribution in [0.5, 0.6) is 0 Å². The molecule has 3 heterocycles. The third-order valence-corrected chi connectivity index (χ3v) is 5.94. The van der Waals surface area contributed by atoms with Crippen LogP contribution in [0, 0.1) is 0 Å². The van der Waals surface area contributed by atoms with Gasteiger partial charge in [0, 0.05) is 25.7 Å². The molecular formula is C18H15N3O3S2. The van der Waals surface area contributed by atoms with Gasteiger partial charge >= 0.3 is 5.97 Å². The summed E-state index contributed by atoms with van der Waals surface area (Å²) in [6.07, 6.45) is 0. The van der Waals surface area contributed by atoms with Gasteiger partial charge < -0.3 is 14.2 Å². The van der Waals surface area contributed by atoms with E-state index in [1.54, 1.807) is 17.4 Å². The standard InChI is InChI=1S/C18H15N3O3S2/c1-21(2)18-19-16-14(26-18)9-15(25-16)17(22)23-10-12-8-13(24-20-12)11-6-4-3-5-7-11/h3-9H,10H2,1-2H3. The van der Waals surface area contributed by atoms with Crippen LogP contribution in [0.25, 0.3) is 20.9 Å². The van der Waals surface area contributed by atoms with Gasteiger partial charge in [0.25, 0.3) is 0 Å². The molecule has 0 bridgehead atoms. The second-order valence-electron chi connectivity index (χ2n) is 5.80. The molecule has 8 heteroatoms. The summed E-state index contributed by atoms with van der Waals surface area (Å²) in [4.78, 5) is 20.1. The van der Waals surface area contributed by atoms with Crippen molar-refractivity contribution in [3.8, 4) is 11.3 Å². The number of hydrogen-bond acceptors (Lipinski definition) is 8. The number of carbonyl (C=O) groups excluding carboxylic acids is 1. The van der Waals surface area contributed by atoms with Gasteiger partial charge in [-0.25, -0.2) is 9.78 Å². The van der Waals surface area contributed by atoms with E-state index >= 15 is 0 Å². The van der Waals surface area contributed by atoms with E-state index < -0.39 is 0 Å². The van der Waals surface area contributed by atoms with E-state index in [0.29, 0.717) is 16.3 Å². The molecule has 6 nitrogen and oxygen atoms in total. The van der Waals surface area contributed by atoms with Gasteiger partial charge in [-0.2, -0.15) is 0 Å². The summed E-state index contributed by atoms with van der Waals surface area (Å²) in [5.74, 6) is 0.268. The fraction of sp³-hybridized carbons (Fsp3) is 0.167. The Morgan fingerprint density at radius 2 is 2.00 bits per heavy atom. The number of anilines is 1. The van der Waals surface area contributed by atoms with Gasteiger partial charge in [0.2, 0.25) is 0 Å². The maximum atomic E-state index is 12.3. The van der Waals surface area contributed by atoms with Crippen molar-refractivity contribution >= 4 is 43.3 Å². The molecule has 132 valence electrons. The number of esters is 1. The van der Waals surface area contributed by atoms with Crippen LogP contribution in [0.3, 0.4) is 0 Å². The lowest BCUT2D eigenvalue weighted by molar-refractivity contribution is 0.0470. The molecule has 0 fully saturated rings. The van der Waals surface area contributed by atoms with E-state index in [-0.39, 0.29) is 12.6 Å². The largest absolute Gasteiger partial charge is 0.455 e. The molecule has 0 aliphatic heterocycles. The van der Waals surface area contributed by atoms with Crippen molar-refractivity contribution in [3.63, 3.8) is 0 Å². The first kappa shape index (κ1) is 16.7. The van der Waals surface area contributed by atoms with Gasteiger partial charge in [-0.05, 0) is 6.07 Å². The Hall–Kier alpha value is -2.71. The number of benzene rings is 1. The van der Waals surface area contributed by atoms with Crippen molar-refractivity contribution < 1.29 is 14.1 Å². The van der Waals surface area contributed by atoms with Crippen LogP contribution < -0.4 is 4.90 Å². The van der Waals surface area contributed by atoms with Crippen molar-refractivity contribution in [1.29, 1.82) is 0 Å². The highest BCUT2D eigenvalue weighted by Crippen LogP contribution is 2.34. The fourth-order valence-electron chi connectivity index (χ4n) is 2.34. The molecule has 4 rings (SSSR count).